The molecular weight excluding hydrogens is 255 g/mol. The zero-order chi connectivity index (χ0) is 13.5. The number of hydrogen-bond acceptors (Lipinski definition) is 5. The van der Waals surface area contributed by atoms with Crippen molar-refractivity contribution in [2.75, 3.05) is 6.61 Å². The van der Waals surface area contributed by atoms with Crippen LogP contribution in [0.25, 0.3) is 5.70 Å². The number of nitrogens with two attached hydrogens (primary N) is 1. The lowest BCUT2D eigenvalue weighted by Crippen LogP contribution is -2.12. The number of carbonyl (C=O) groups excluding carboxylic acids is 1. The van der Waals surface area contributed by atoms with E-state index in [1.54, 1.807) is 18.4 Å². The number of rotatable bonds is 4. The highest BCUT2D eigenvalue weighted by atomic mass is 32.2. The fraction of sp³-hybridized carbons (Fsp3) is 0.167. The summed E-state index contributed by atoms with van der Waals surface area (Å²) in [7, 11) is 0. The van der Waals surface area contributed by atoms with E-state index in [0.29, 0.717) is 11.8 Å². The van der Waals surface area contributed by atoms with Gasteiger partial charge in [-0.15, -0.1) is 0 Å². The van der Waals surface area contributed by atoms with Crippen molar-refractivity contribution < 1.29 is 13.9 Å². The number of esters is 1. The van der Waals surface area contributed by atoms with E-state index < -0.39 is 11.8 Å². The maximum Gasteiger partial charge on any atom is 0.347 e. The summed E-state index contributed by atoms with van der Waals surface area (Å²) in [6, 6.07) is 5.75. The van der Waals surface area contributed by atoms with Gasteiger partial charge in [-0.2, -0.15) is 5.26 Å². The Hall–Kier alpha value is -2.00. The first-order valence-electron chi connectivity index (χ1n) is 5.09. The van der Waals surface area contributed by atoms with Gasteiger partial charge in [0, 0.05) is 5.56 Å². The fourth-order valence-corrected chi connectivity index (χ4v) is 1.70. The first-order valence-corrected chi connectivity index (χ1v) is 5.91. The SMILES string of the molecule is CCOC(=O)/C(SC#N)=C(\N)c1ccccc1F. The molecular formula is C12H11FN2O2S. The summed E-state index contributed by atoms with van der Waals surface area (Å²) in [5.41, 5.74) is 5.70. The van der Waals surface area contributed by atoms with Gasteiger partial charge in [0.1, 0.15) is 16.1 Å². The molecule has 18 heavy (non-hydrogen) atoms. The third-order valence-electron chi connectivity index (χ3n) is 2.02. The van der Waals surface area contributed by atoms with Gasteiger partial charge < -0.3 is 10.5 Å². The molecule has 0 bridgehead atoms. The number of hydrogen-bond donors (Lipinski definition) is 1. The van der Waals surface area contributed by atoms with E-state index in [-0.39, 0.29) is 22.8 Å². The fourth-order valence-electron chi connectivity index (χ4n) is 1.25. The van der Waals surface area contributed by atoms with Crippen molar-refractivity contribution in [2.24, 2.45) is 5.73 Å². The second-order valence-electron chi connectivity index (χ2n) is 3.14. The minimum Gasteiger partial charge on any atom is -0.462 e. The minimum atomic E-state index is -0.732. The Morgan fingerprint density at radius 2 is 2.22 bits per heavy atom. The zero-order valence-electron chi connectivity index (χ0n) is 9.64. The normalized spacial score (nSPS) is 11.4. The van der Waals surface area contributed by atoms with Gasteiger partial charge in [-0.1, -0.05) is 12.1 Å². The Balaban J connectivity index is 3.24. The van der Waals surface area contributed by atoms with Crippen LogP contribution < -0.4 is 5.73 Å². The first kappa shape index (κ1) is 14.1. The molecule has 94 valence electrons. The van der Waals surface area contributed by atoms with Crippen molar-refractivity contribution in [1.29, 1.82) is 5.26 Å². The highest BCUT2D eigenvalue weighted by Gasteiger charge is 2.18. The number of nitriles is 1. The third-order valence-corrected chi connectivity index (χ3v) is 2.70. The van der Waals surface area contributed by atoms with E-state index in [1.807, 2.05) is 0 Å². The van der Waals surface area contributed by atoms with Crippen LogP contribution in [0.4, 0.5) is 4.39 Å². The van der Waals surface area contributed by atoms with Crippen LogP contribution in [0.1, 0.15) is 12.5 Å². The molecule has 0 radical (unpaired) electrons. The lowest BCUT2D eigenvalue weighted by Gasteiger charge is -2.08. The molecule has 2 N–H and O–H groups in total. The molecule has 0 aliphatic carbocycles. The summed E-state index contributed by atoms with van der Waals surface area (Å²) in [6.45, 7) is 1.78. The second-order valence-corrected chi connectivity index (χ2v) is 3.93. The predicted molar refractivity (Wildman–Crippen MR) is 67.3 cm³/mol. The summed E-state index contributed by atoms with van der Waals surface area (Å²) < 4.78 is 18.3. The van der Waals surface area contributed by atoms with Crippen molar-refractivity contribution in [2.45, 2.75) is 6.92 Å². The maximum absolute atomic E-state index is 13.5. The molecule has 0 aliphatic heterocycles. The molecule has 0 saturated carbocycles. The Bertz CT molecular complexity index is 523. The highest BCUT2D eigenvalue weighted by Crippen LogP contribution is 2.25. The number of benzene rings is 1. The molecule has 1 aromatic carbocycles. The average Bonchev–Trinajstić information content (AvgIpc) is 2.36. The molecule has 0 atom stereocenters. The molecule has 0 spiro atoms. The second kappa shape index (κ2) is 6.67. The van der Waals surface area contributed by atoms with Crippen LogP contribution in [0, 0.1) is 16.5 Å². The summed E-state index contributed by atoms with van der Waals surface area (Å²) in [5, 5.41) is 10.4. The lowest BCUT2D eigenvalue weighted by molar-refractivity contribution is -0.137. The van der Waals surface area contributed by atoms with Gasteiger partial charge in [-0.25, -0.2) is 9.18 Å². The lowest BCUT2D eigenvalue weighted by atomic mass is 10.1. The van der Waals surface area contributed by atoms with Crippen molar-refractivity contribution in [3.63, 3.8) is 0 Å². The van der Waals surface area contributed by atoms with Gasteiger partial charge in [-0.05, 0) is 30.8 Å². The standard InChI is InChI=1S/C12H11FN2O2S/c1-2-17-12(16)11(18-7-14)10(15)8-5-3-4-6-9(8)13/h3-6H,2,15H2,1H3/b11-10+. The summed E-state index contributed by atoms with van der Waals surface area (Å²) in [5.74, 6) is -1.29. The van der Waals surface area contributed by atoms with Gasteiger partial charge in [0.15, 0.2) is 0 Å². The van der Waals surface area contributed by atoms with Gasteiger partial charge in [0.25, 0.3) is 0 Å². The quantitative estimate of drug-likeness (QED) is 0.514. The summed E-state index contributed by atoms with van der Waals surface area (Å²) in [4.78, 5) is 11.5. The summed E-state index contributed by atoms with van der Waals surface area (Å²) >= 11 is 0.555. The minimum absolute atomic E-state index is 0.0725. The van der Waals surface area contributed by atoms with E-state index in [2.05, 4.69) is 0 Å². The summed E-state index contributed by atoms with van der Waals surface area (Å²) in [6.07, 6.45) is 0. The van der Waals surface area contributed by atoms with Gasteiger partial charge in [-0.3, -0.25) is 0 Å². The molecule has 0 fully saturated rings. The van der Waals surface area contributed by atoms with Gasteiger partial charge in [0.05, 0.1) is 12.3 Å². The number of carbonyl (C=O) groups is 1. The molecule has 6 heteroatoms. The Labute approximate surface area is 108 Å². The van der Waals surface area contributed by atoms with Crippen LogP contribution in [0.3, 0.4) is 0 Å². The van der Waals surface area contributed by atoms with Crippen LogP contribution in [0.2, 0.25) is 0 Å². The number of thioether (sulfide) groups is 1. The van der Waals surface area contributed by atoms with Gasteiger partial charge >= 0.3 is 5.97 Å². The Morgan fingerprint density at radius 3 is 2.78 bits per heavy atom. The molecule has 0 aliphatic rings. The van der Waals surface area contributed by atoms with E-state index in [1.165, 1.54) is 18.2 Å². The molecule has 0 amide bonds. The topological polar surface area (TPSA) is 76.1 Å². The van der Waals surface area contributed by atoms with E-state index >= 15 is 0 Å². The van der Waals surface area contributed by atoms with Crippen molar-refractivity contribution in [1.82, 2.24) is 0 Å². The molecule has 0 aromatic heterocycles. The molecule has 0 unspecified atom stereocenters. The van der Waals surface area contributed by atoms with Crippen molar-refractivity contribution in [3.05, 3.63) is 40.6 Å². The number of thiocyanates is 1. The van der Waals surface area contributed by atoms with Crippen LogP contribution in [0.15, 0.2) is 29.2 Å². The van der Waals surface area contributed by atoms with Crippen LogP contribution in [0.5, 0.6) is 0 Å². The van der Waals surface area contributed by atoms with Crippen molar-refractivity contribution in [3.8, 4) is 5.40 Å². The zero-order valence-corrected chi connectivity index (χ0v) is 10.5. The van der Waals surface area contributed by atoms with Gasteiger partial charge in [0.2, 0.25) is 0 Å². The van der Waals surface area contributed by atoms with Crippen molar-refractivity contribution >= 4 is 23.4 Å². The monoisotopic (exact) mass is 266 g/mol. The van der Waals surface area contributed by atoms with E-state index in [9.17, 15) is 9.18 Å². The highest BCUT2D eigenvalue weighted by molar-refractivity contribution is 8.08. The van der Waals surface area contributed by atoms with E-state index in [0.717, 1.165) is 0 Å². The molecule has 0 saturated heterocycles. The molecule has 0 heterocycles. The molecule has 1 rings (SSSR count). The first-order chi connectivity index (χ1) is 8.61. The smallest absolute Gasteiger partial charge is 0.347 e. The third kappa shape index (κ3) is 3.25. The molecule has 1 aromatic rings. The Kier molecular flexibility index (Phi) is 5.21. The number of halogens is 1. The van der Waals surface area contributed by atoms with Crippen LogP contribution >= 0.6 is 11.8 Å². The van der Waals surface area contributed by atoms with Crippen LogP contribution in [-0.2, 0) is 9.53 Å². The predicted octanol–water partition coefficient (Wildman–Crippen LogP) is 2.23. The average molecular weight is 266 g/mol. The molecule has 4 nitrogen and oxygen atoms in total. The maximum atomic E-state index is 13.5. The largest absolute Gasteiger partial charge is 0.462 e. The van der Waals surface area contributed by atoms with Crippen LogP contribution in [-0.4, -0.2) is 12.6 Å². The van der Waals surface area contributed by atoms with E-state index in [4.69, 9.17) is 15.7 Å². The number of ether oxygens (including phenoxy) is 1. The number of nitrogens with zero attached hydrogens (tertiary/aromatic N) is 1. The Morgan fingerprint density at radius 1 is 1.56 bits per heavy atom.